The fourth-order valence-corrected chi connectivity index (χ4v) is 4.63. The molecule has 0 aliphatic carbocycles. The number of carbonyl (C=O) groups is 2. The van der Waals surface area contributed by atoms with Crippen molar-refractivity contribution >= 4 is 17.5 Å². The van der Waals surface area contributed by atoms with Crippen molar-refractivity contribution in [1.82, 2.24) is 15.2 Å². The lowest BCUT2D eigenvalue weighted by Gasteiger charge is -2.37. The molecule has 2 saturated heterocycles. The lowest BCUT2D eigenvalue weighted by molar-refractivity contribution is 0.0867. The minimum Gasteiger partial charge on any atom is -0.493 e. The Kier molecular flexibility index (Phi) is 6.55. The second kappa shape index (κ2) is 9.52. The molecule has 0 spiro atoms. The van der Waals surface area contributed by atoms with Crippen molar-refractivity contribution in [2.24, 2.45) is 0 Å². The second-order valence-electron chi connectivity index (χ2n) is 8.01. The number of halogens is 1. The molecule has 2 aliphatic rings. The Balaban J connectivity index is 1.59. The predicted molar refractivity (Wildman–Crippen MR) is 117 cm³/mol. The quantitative estimate of drug-likeness (QED) is 0.715. The molecule has 0 radical (unpaired) electrons. The van der Waals surface area contributed by atoms with Crippen LogP contribution in [0.25, 0.3) is 0 Å². The third kappa shape index (κ3) is 4.38. The maximum absolute atomic E-state index is 14.0. The first-order chi connectivity index (χ1) is 15.5. The number of amides is 2. The normalized spacial score (nSPS) is 20.3. The summed E-state index contributed by atoms with van der Waals surface area (Å²) in [6, 6.07) is 6.06. The van der Waals surface area contributed by atoms with Gasteiger partial charge in [-0.05, 0) is 63.0 Å². The zero-order valence-corrected chi connectivity index (χ0v) is 18.2. The van der Waals surface area contributed by atoms with Gasteiger partial charge < -0.3 is 20.1 Å². The summed E-state index contributed by atoms with van der Waals surface area (Å²) in [4.78, 5) is 32.0. The monoisotopic (exact) mass is 442 g/mol. The molecule has 2 aliphatic heterocycles. The van der Waals surface area contributed by atoms with E-state index in [-0.39, 0.29) is 34.8 Å². The van der Waals surface area contributed by atoms with Crippen LogP contribution in [0.15, 0.2) is 30.5 Å². The Bertz CT molecular complexity index is 1020. The molecular formula is C23H27FN4O4. The van der Waals surface area contributed by atoms with Gasteiger partial charge in [-0.2, -0.15) is 0 Å². The molecule has 8 nitrogen and oxygen atoms in total. The van der Waals surface area contributed by atoms with Gasteiger partial charge in [0.15, 0.2) is 23.0 Å². The molecule has 3 heterocycles. The topological polar surface area (TPSA) is 92.8 Å². The van der Waals surface area contributed by atoms with Gasteiger partial charge in [0, 0.05) is 23.8 Å². The summed E-state index contributed by atoms with van der Waals surface area (Å²) in [6.45, 7) is 2.15. The number of nitrogens with zero attached hydrogens (tertiary/aromatic N) is 2. The smallest absolute Gasteiger partial charge is 0.277 e. The highest BCUT2D eigenvalue weighted by Crippen LogP contribution is 2.37. The van der Waals surface area contributed by atoms with Gasteiger partial charge in [0.25, 0.3) is 11.8 Å². The average molecular weight is 442 g/mol. The van der Waals surface area contributed by atoms with Crippen LogP contribution < -0.4 is 20.1 Å². The van der Waals surface area contributed by atoms with Crippen molar-refractivity contribution in [1.29, 1.82) is 0 Å². The van der Waals surface area contributed by atoms with Crippen LogP contribution in [0.5, 0.6) is 11.5 Å². The third-order valence-electron chi connectivity index (χ3n) is 6.12. The molecule has 2 N–H and O–H groups in total. The molecule has 0 bridgehead atoms. The first kappa shape index (κ1) is 22.0. The number of carbonyl (C=O) groups excluding carboxylic acids is 2. The molecule has 170 valence electrons. The Labute approximate surface area is 186 Å². The number of hydrogen-bond donors (Lipinski definition) is 2. The van der Waals surface area contributed by atoms with Gasteiger partial charge in [0.05, 0.1) is 19.9 Å². The summed E-state index contributed by atoms with van der Waals surface area (Å²) >= 11 is 0. The van der Waals surface area contributed by atoms with Crippen molar-refractivity contribution < 1.29 is 23.5 Å². The number of piperidine rings is 1. The van der Waals surface area contributed by atoms with Gasteiger partial charge in [-0.25, -0.2) is 9.37 Å². The minimum absolute atomic E-state index is 0.0764. The zero-order chi connectivity index (χ0) is 22.7. The van der Waals surface area contributed by atoms with Crippen LogP contribution in [0, 0.1) is 5.82 Å². The highest BCUT2D eigenvalue weighted by molar-refractivity contribution is 6.05. The van der Waals surface area contributed by atoms with Gasteiger partial charge in [0.1, 0.15) is 0 Å². The summed E-state index contributed by atoms with van der Waals surface area (Å²) < 4.78 is 24.8. The fraction of sp³-hybridized carbons (Fsp3) is 0.435. The number of fused-ring (bicyclic) bond motifs is 1. The van der Waals surface area contributed by atoms with E-state index in [0.29, 0.717) is 11.6 Å². The third-order valence-corrected chi connectivity index (χ3v) is 6.12. The number of ether oxygens (including phenoxy) is 2. The van der Waals surface area contributed by atoms with Gasteiger partial charge in [-0.15, -0.1) is 0 Å². The first-order valence-electron chi connectivity index (χ1n) is 10.7. The molecule has 2 atom stereocenters. The van der Waals surface area contributed by atoms with Crippen molar-refractivity contribution in [3.05, 3.63) is 47.5 Å². The lowest BCUT2D eigenvalue weighted by atomic mass is 9.96. The molecule has 2 fully saturated rings. The molecule has 4 rings (SSSR count). The van der Waals surface area contributed by atoms with Crippen molar-refractivity contribution in [2.45, 2.75) is 37.8 Å². The number of anilines is 1. The number of nitrogens with one attached hydrogen (secondary N) is 2. The first-order valence-corrected chi connectivity index (χ1v) is 10.7. The number of benzene rings is 1. The maximum atomic E-state index is 14.0. The molecule has 9 heteroatoms. The second-order valence-corrected chi connectivity index (χ2v) is 8.01. The van der Waals surface area contributed by atoms with Gasteiger partial charge >= 0.3 is 0 Å². The minimum atomic E-state index is -0.755. The maximum Gasteiger partial charge on any atom is 0.277 e. The average Bonchev–Trinajstić information content (AvgIpc) is 3.28. The lowest BCUT2D eigenvalue weighted by Crippen LogP contribution is -2.52. The summed E-state index contributed by atoms with van der Waals surface area (Å²) in [5.74, 6) is -1.25. The number of pyridine rings is 1. The van der Waals surface area contributed by atoms with Gasteiger partial charge in [0.2, 0.25) is 0 Å². The molecule has 0 saturated carbocycles. The molecule has 2 aromatic rings. The largest absolute Gasteiger partial charge is 0.493 e. The van der Waals surface area contributed by atoms with Crippen LogP contribution in [0.1, 0.15) is 46.5 Å². The van der Waals surface area contributed by atoms with Gasteiger partial charge in [-0.1, -0.05) is 0 Å². The summed E-state index contributed by atoms with van der Waals surface area (Å²) in [5, 5.41) is 5.75. The SMILES string of the molecule is COc1cc(C(=O)N[C@H]2CCCN3CCC[C@@H]23)cc(NC(=O)c2ncccc2F)c1OC. The zero-order valence-electron chi connectivity index (χ0n) is 18.2. The molecule has 0 unspecified atom stereocenters. The van der Waals surface area contributed by atoms with E-state index in [9.17, 15) is 14.0 Å². The summed E-state index contributed by atoms with van der Waals surface area (Å²) in [5.41, 5.74) is 0.152. The molecule has 1 aromatic heterocycles. The van der Waals surface area contributed by atoms with E-state index in [4.69, 9.17) is 9.47 Å². The molecule has 1 aromatic carbocycles. The highest BCUT2D eigenvalue weighted by Gasteiger charge is 2.35. The number of rotatable bonds is 6. The molecule has 32 heavy (non-hydrogen) atoms. The van der Waals surface area contributed by atoms with E-state index >= 15 is 0 Å². The van der Waals surface area contributed by atoms with E-state index in [2.05, 4.69) is 20.5 Å². The highest BCUT2D eigenvalue weighted by atomic mass is 19.1. The van der Waals surface area contributed by atoms with Crippen LogP contribution in [0.4, 0.5) is 10.1 Å². The van der Waals surface area contributed by atoms with E-state index < -0.39 is 11.7 Å². The molecular weight excluding hydrogens is 415 g/mol. The number of aromatic nitrogens is 1. The predicted octanol–water partition coefficient (Wildman–Crippen LogP) is 2.85. The Morgan fingerprint density at radius 1 is 1.12 bits per heavy atom. The van der Waals surface area contributed by atoms with Crippen molar-refractivity contribution in [3.8, 4) is 11.5 Å². The van der Waals surface area contributed by atoms with E-state index in [1.807, 2.05) is 0 Å². The number of methoxy groups -OCH3 is 2. The molecule has 2 amide bonds. The van der Waals surface area contributed by atoms with Gasteiger partial charge in [-0.3, -0.25) is 14.5 Å². The Hall–Kier alpha value is -3.20. The summed E-state index contributed by atoms with van der Waals surface area (Å²) in [7, 11) is 2.87. The summed E-state index contributed by atoms with van der Waals surface area (Å²) in [6.07, 6.45) is 5.53. The van der Waals surface area contributed by atoms with E-state index in [0.717, 1.165) is 44.8 Å². The number of hydrogen-bond acceptors (Lipinski definition) is 6. The van der Waals surface area contributed by atoms with E-state index in [1.165, 1.54) is 32.5 Å². The van der Waals surface area contributed by atoms with Crippen LogP contribution in [0.3, 0.4) is 0 Å². The van der Waals surface area contributed by atoms with Crippen LogP contribution in [-0.4, -0.2) is 61.1 Å². The van der Waals surface area contributed by atoms with E-state index in [1.54, 1.807) is 6.07 Å². The van der Waals surface area contributed by atoms with Crippen LogP contribution >= 0.6 is 0 Å². The standard InChI is InChI=1S/C23H27FN4O4/c1-31-19-13-14(22(29)26-16-7-4-10-28-11-5-8-18(16)28)12-17(21(19)32-2)27-23(30)20-15(24)6-3-9-25-20/h3,6,9,12-13,16,18H,4-5,7-8,10-11H2,1-2H3,(H,26,29)(H,27,30)/t16-,18-/m0/s1. The van der Waals surface area contributed by atoms with Crippen LogP contribution in [0.2, 0.25) is 0 Å². The Morgan fingerprint density at radius 2 is 1.91 bits per heavy atom. The Morgan fingerprint density at radius 3 is 2.62 bits per heavy atom. The van der Waals surface area contributed by atoms with Crippen molar-refractivity contribution in [3.63, 3.8) is 0 Å². The van der Waals surface area contributed by atoms with Crippen LogP contribution in [-0.2, 0) is 0 Å². The fourth-order valence-electron chi connectivity index (χ4n) is 4.63. The van der Waals surface area contributed by atoms with Crippen molar-refractivity contribution in [2.75, 3.05) is 32.6 Å².